The molecule has 0 aliphatic heterocycles. The summed E-state index contributed by atoms with van der Waals surface area (Å²) in [5, 5.41) is 0. The Morgan fingerprint density at radius 1 is 1.50 bits per heavy atom. The van der Waals surface area contributed by atoms with Gasteiger partial charge in [-0.3, -0.25) is 4.52 Å². The molecule has 1 N–H and O–H groups in total. The molecule has 0 aromatic heterocycles. The standard InChI is InChI=1S/C6H13O7P/c1-5(2)13-6(7)11-4-12-14(8,9)10-3/h5H,4H2,1-3H3,(H,8,9). The lowest BCUT2D eigenvalue weighted by molar-refractivity contribution is -0.0180. The quantitative estimate of drug-likeness (QED) is 0.430. The first-order valence-electron chi connectivity index (χ1n) is 3.74. The van der Waals surface area contributed by atoms with Gasteiger partial charge in [0.05, 0.1) is 6.10 Å². The average molecular weight is 228 g/mol. The van der Waals surface area contributed by atoms with E-state index in [2.05, 4.69) is 18.5 Å². The number of carbonyl (C=O) groups is 1. The van der Waals surface area contributed by atoms with Crippen LogP contribution in [-0.2, 0) is 23.1 Å². The van der Waals surface area contributed by atoms with E-state index in [-0.39, 0.29) is 6.10 Å². The molecule has 84 valence electrons. The van der Waals surface area contributed by atoms with Crippen LogP contribution in [0.15, 0.2) is 0 Å². The average Bonchev–Trinajstić information content (AvgIpc) is 2.02. The third-order valence-corrected chi connectivity index (χ3v) is 1.85. The highest BCUT2D eigenvalue weighted by atomic mass is 31.2. The third-order valence-electron chi connectivity index (χ3n) is 0.955. The molecule has 0 aliphatic rings. The van der Waals surface area contributed by atoms with Crippen LogP contribution in [0.3, 0.4) is 0 Å². The summed E-state index contributed by atoms with van der Waals surface area (Å²) in [4.78, 5) is 19.4. The van der Waals surface area contributed by atoms with E-state index in [0.29, 0.717) is 0 Å². The van der Waals surface area contributed by atoms with Gasteiger partial charge in [0.15, 0.2) is 0 Å². The Kier molecular flexibility index (Phi) is 5.71. The van der Waals surface area contributed by atoms with E-state index >= 15 is 0 Å². The van der Waals surface area contributed by atoms with E-state index < -0.39 is 20.8 Å². The molecule has 0 radical (unpaired) electrons. The van der Waals surface area contributed by atoms with Crippen molar-refractivity contribution in [2.75, 3.05) is 13.9 Å². The van der Waals surface area contributed by atoms with E-state index in [1.165, 1.54) is 0 Å². The second-order valence-corrected chi connectivity index (χ2v) is 4.02. The van der Waals surface area contributed by atoms with Crippen molar-refractivity contribution < 1.29 is 32.8 Å². The van der Waals surface area contributed by atoms with Gasteiger partial charge in [-0.2, -0.15) is 0 Å². The number of hydrogen-bond donors (Lipinski definition) is 1. The lowest BCUT2D eigenvalue weighted by Crippen LogP contribution is -2.14. The Bertz CT molecular complexity index is 226. The Labute approximate surface area is 81.5 Å². The minimum atomic E-state index is -4.10. The summed E-state index contributed by atoms with van der Waals surface area (Å²) in [5.74, 6) is 0. The first-order valence-corrected chi connectivity index (χ1v) is 5.23. The highest BCUT2D eigenvalue weighted by Gasteiger charge is 2.19. The van der Waals surface area contributed by atoms with Crippen LogP contribution in [0.2, 0.25) is 0 Å². The maximum Gasteiger partial charge on any atom is 0.510 e. The zero-order valence-corrected chi connectivity index (χ0v) is 9.02. The van der Waals surface area contributed by atoms with Crippen molar-refractivity contribution in [3.8, 4) is 0 Å². The zero-order valence-electron chi connectivity index (χ0n) is 8.13. The molecule has 0 saturated carbocycles. The van der Waals surface area contributed by atoms with Crippen LogP contribution in [0.5, 0.6) is 0 Å². The minimum absolute atomic E-state index is 0.328. The summed E-state index contributed by atoms with van der Waals surface area (Å²) >= 11 is 0. The number of hydrogen-bond acceptors (Lipinski definition) is 6. The molecule has 0 bridgehead atoms. The first kappa shape index (κ1) is 13.4. The topological polar surface area (TPSA) is 91.3 Å². The van der Waals surface area contributed by atoms with Gasteiger partial charge in [-0.25, -0.2) is 13.9 Å². The molecule has 0 amide bonds. The smallest absolute Gasteiger partial charge is 0.432 e. The fraction of sp³-hybridized carbons (Fsp3) is 0.833. The van der Waals surface area contributed by atoms with E-state index in [9.17, 15) is 9.36 Å². The maximum atomic E-state index is 10.7. The normalized spacial score (nSPS) is 14.9. The minimum Gasteiger partial charge on any atom is -0.432 e. The summed E-state index contributed by atoms with van der Waals surface area (Å²) in [7, 11) is -3.10. The van der Waals surface area contributed by atoms with Gasteiger partial charge in [-0.1, -0.05) is 0 Å². The zero-order chi connectivity index (χ0) is 11.2. The molecule has 8 heteroatoms. The van der Waals surface area contributed by atoms with Gasteiger partial charge in [-0.15, -0.1) is 0 Å². The fourth-order valence-electron chi connectivity index (χ4n) is 0.420. The van der Waals surface area contributed by atoms with E-state index in [0.717, 1.165) is 7.11 Å². The van der Waals surface area contributed by atoms with Gasteiger partial charge in [0.2, 0.25) is 6.79 Å². The Morgan fingerprint density at radius 2 is 2.07 bits per heavy atom. The lowest BCUT2D eigenvalue weighted by Gasteiger charge is -2.10. The molecule has 0 spiro atoms. The fourth-order valence-corrected chi connectivity index (χ4v) is 0.712. The SMILES string of the molecule is COP(=O)(O)OCOC(=O)OC(C)C. The number of ether oxygens (including phenoxy) is 2. The van der Waals surface area contributed by atoms with Crippen molar-refractivity contribution in [3.05, 3.63) is 0 Å². The molecular formula is C6H13O7P. The number of rotatable bonds is 5. The van der Waals surface area contributed by atoms with Crippen LogP contribution < -0.4 is 0 Å². The number of carbonyl (C=O) groups excluding carboxylic acids is 1. The van der Waals surface area contributed by atoms with Gasteiger partial charge < -0.3 is 14.4 Å². The summed E-state index contributed by atoms with van der Waals surface area (Å²) in [6.45, 7) is 2.57. The molecule has 0 aliphatic carbocycles. The summed E-state index contributed by atoms with van der Waals surface area (Å²) in [5.41, 5.74) is 0. The van der Waals surface area contributed by atoms with Gasteiger partial charge in [-0.05, 0) is 13.8 Å². The highest BCUT2D eigenvalue weighted by Crippen LogP contribution is 2.41. The van der Waals surface area contributed by atoms with Gasteiger partial charge in [0.25, 0.3) is 0 Å². The third kappa shape index (κ3) is 6.85. The molecular weight excluding hydrogens is 215 g/mol. The predicted octanol–water partition coefficient (Wildman–Crippen LogP) is 1.27. The van der Waals surface area contributed by atoms with Crippen LogP contribution in [0.4, 0.5) is 4.79 Å². The summed E-state index contributed by atoms with van der Waals surface area (Å²) in [6, 6.07) is 0. The molecule has 0 fully saturated rings. The number of phosphoric acid groups is 1. The molecule has 0 rings (SSSR count). The van der Waals surface area contributed by atoms with Crippen molar-refractivity contribution in [3.63, 3.8) is 0 Å². The van der Waals surface area contributed by atoms with Crippen molar-refractivity contribution in [1.82, 2.24) is 0 Å². The number of phosphoric ester groups is 1. The van der Waals surface area contributed by atoms with Crippen molar-refractivity contribution >= 4 is 14.0 Å². The van der Waals surface area contributed by atoms with Crippen LogP contribution in [0.1, 0.15) is 13.8 Å². The molecule has 7 nitrogen and oxygen atoms in total. The first-order chi connectivity index (χ1) is 6.37. The van der Waals surface area contributed by atoms with E-state index in [4.69, 9.17) is 4.89 Å². The predicted molar refractivity (Wildman–Crippen MR) is 45.5 cm³/mol. The Hall–Kier alpha value is -0.620. The Morgan fingerprint density at radius 3 is 2.50 bits per heavy atom. The van der Waals surface area contributed by atoms with E-state index in [1.54, 1.807) is 13.8 Å². The van der Waals surface area contributed by atoms with Crippen molar-refractivity contribution in [2.45, 2.75) is 20.0 Å². The van der Waals surface area contributed by atoms with Crippen LogP contribution >= 0.6 is 7.82 Å². The molecule has 1 unspecified atom stereocenters. The van der Waals surface area contributed by atoms with Crippen molar-refractivity contribution in [2.24, 2.45) is 0 Å². The summed E-state index contributed by atoms with van der Waals surface area (Å²) in [6.07, 6.45) is -1.30. The molecule has 0 heterocycles. The van der Waals surface area contributed by atoms with Crippen LogP contribution in [0.25, 0.3) is 0 Å². The monoisotopic (exact) mass is 228 g/mol. The molecule has 1 atom stereocenters. The maximum absolute atomic E-state index is 10.7. The second-order valence-electron chi connectivity index (χ2n) is 2.46. The summed E-state index contributed by atoms with van der Waals surface area (Å²) < 4.78 is 27.8. The van der Waals surface area contributed by atoms with Gasteiger partial charge in [0.1, 0.15) is 0 Å². The van der Waals surface area contributed by atoms with Crippen LogP contribution in [0, 0.1) is 0 Å². The van der Waals surface area contributed by atoms with Gasteiger partial charge >= 0.3 is 14.0 Å². The van der Waals surface area contributed by atoms with Gasteiger partial charge in [0, 0.05) is 7.11 Å². The molecule has 0 aromatic carbocycles. The highest BCUT2D eigenvalue weighted by molar-refractivity contribution is 7.47. The van der Waals surface area contributed by atoms with Crippen LogP contribution in [-0.4, -0.2) is 31.1 Å². The molecule has 14 heavy (non-hydrogen) atoms. The molecule has 0 aromatic rings. The van der Waals surface area contributed by atoms with E-state index in [1.807, 2.05) is 0 Å². The Balaban J connectivity index is 3.64. The second kappa shape index (κ2) is 5.98. The molecule has 0 saturated heterocycles. The largest absolute Gasteiger partial charge is 0.510 e. The van der Waals surface area contributed by atoms with Crippen molar-refractivity contribution in [1.29, 1.82) is 0 Å². The lowest BCUT2D eigenvalue weighted by atomic mass is 10.5.